The molecule has 1 heterocycles. The van der Waals surface area contributed by atoms with Crippen LogP contribution < -0.4 is 20.1 Å². The van der Waals surface area contributed by atoms with Gasteiger partial charge in [-0.3, -0.25) is 4.99 Å². The Morgan fingerprint density at radius 1 is 1.19 bits per heavy atom. The lowest BCUT2D eigenvalue weighted by Gasteiger charge is -2.16. The van der Waals surface area contributed by atoms with E-state index >= 15 is 0 Å². The fourth-order valence-corrected chi connectivity index (χ4v) is 2.68. The van der Waals surface area contributed by atoms with Gasteiger partial charge in [0.2, 0.25) is 6.79 Å². The number of nitrogens with zero attached hydrogens (tertiary/aromatic N) is 1. The monoisotopic (exact) mass is 489 g/mol. The number of guanidine groups is 1. The van der Waals surface area contributed by atoms with Gasteiger partial charge in [0, 0.05) is 25.2 Å². The molecule has 1 atom stereocenters. The van der Waals surface area contributed by atoms with Crippen molar-refractivity contribution in [2.24, 2.45) is 4.99 Å². The van der Waals surface area contributed by atoms with Crippen molar-refractivity contribution in [2.45, 2.75) is 12.6 Å². The molecule has 0 bridgehead atoms. The Morgan fingerprint density at radius 3 is 2.77 bits per heavy atom. The number of aliphatic imine (C=N–C) groups is 1. The third-order valence-corrected chi connectivity index (χ3v) is 4.05. The highest BCUT2D eigenvalue weighted by Crippen LogP contribution is 2.32. The lowest BCUT2D eigenvalue weighted by atomic mass is 10.1. The van der Waals surface area contributed by atoms with Gasteiger partial charge in [-0.2, -0.15) is 0 Å². The molecule has 0 spiro atoms. The van der Waals surface area contributed by atoms with E-state index in [9.17, 15) is 5.11 Å². The summed E-state index contributed by atoms with van der Waals surface area (Å²) in [7, 11) is 1.68. The van der Waals surface area contributed by atoms with E-state index in [2.05, 4.69) is 15.6 Å². The zero-order valence-corrected chi connectivity index (χ0v) is 17.3. The third-order valence-electron chi connectivity index (χ3n) is 3.82. The van der Waals surface area contributed by atoms with Crippen molar-refractivity contribution in [2.75, 3.05) is 20.4 Å². The smallest absolute Gasteiger partial charge is 0.231 e. The highest BCUT2D eigenvalue weighted by Gasteiger charge is 2.13. The largest absolute Gasteiger partial charge is 0.454 e. The van der Waals surface area contributed by atoms with Gasteiger partial charge >= 0.3 is 0 Å². The molecule has 0 radical (unpaired) electrons. The quantitative estimate of drug-likeness (QED) is 0.342. The highest BCUT2D eigenvalue weighted by molar-refractivity contribution is 14.0. The average Bonchev–Trinajstić information content (AvgIpc) is 3.09. The van der Waals surface area contributed by atoms with Crippen molar-refractivity contribution in [3.05, 3.63) is 58.6 Å². The minimum absolute atomic E-state index is 0. The minimum Gasteiger partial charge on any atom is -0.454 e. The van der Waals surface area contributed by atoms with Crippen LogP contribution in [0.5, 0.6) is 11.5 Å². The molecule has 0 aromatic heterocycles. The Morgan fingerprint density at radius 2 is 2.00 bits per heavy atom. The van der Waals surface area contributed by atoms with Crippen molar-refractivity contribution in [1.82, 2.24) is 10.6 Å². The zero-order chi connectivity index (χ0) is 17.6. The lowest BCUT2D eigenvalue weighted by molar-refractivity contribution is 0.174. The number of halogens is 2. The van der Waals surface area contributed by atoms with Crippen LogP contribution in [0.3, 0.4) is 0 Å². The Hall–Kier alpha value is -1.71. The van der Waals surface area contributed by atoms with Gasteiger partial charge in [-0.05, 0) is 35.4 Å². The number of aliphatic hydroxyl groups excluding tert-OH is 1. The molecule has 6 nitrogen and oxygen atoms in total. The number of fused-ring (bicyclic) bond motifs is 1. The van der Waals surface area contributed by atoms with Gasteiger partial charge in [-0.25, -0.2) is 0 Å². The number of aliphatic hydroxyl groups is 1. The summed E-state index contributed by atoms with van der Waals surface area (Å²) in [6, 6.07) is 13.0. The van der Waals surface area contributed by atoms with Crippen LogP contribution in [0.1, 0.15) is 17.2 Å². The molecule has 2 aromatic rings. The van der Waals surface area contributed by atoms with E-state index in [-0.39, 0.29) is 30.8 Å². The molecule has 26 heavy (non-hydrogen) atoms. The van der Waals surface area contributed by atoms with Crippen LogP contribution >= 0.6 is 35.6 Å². The first-order valence-corrected chi connectivity index (χ1v) is 8.30. The molecule has 0 fully saturated rings. The molecule has 0 saturated carbocycles. The van der Waals surface area contributed by atoms with Crippen molar-refractivity contribution in [1.29, 1.82) is 0 Å². The number of hydrogen-bond acceptors (Lipinski definition) is 4. The molecule has 1 aliphatic heterocycles. The summed E-state index contributed by atoms with van der Waals surface area (Å²) in [6.07, 6.45) is -0.678. The van der Waals surface area contributed by atoms with Gasteiger partial charge in [0.25, 0.3) is 0 Å². The molecule has 3 N–H and O–H groups in total. The van der Waals surface area contributed by atoms with E-state index in [4.69, 9.17) is 21.1 Å². The maximum atomic E-state index is 10.2. The summed E-state index contributed by atoms with van der Waals surface area (Å²) in [5, 5.41) is 17.1. The third kappa shape index (κ3) is 5.39. The fourth-order valence-electron chi connectivity index (χ4n) is 2.48. The first kappa shape index (κ1) is 20.6. The Kier molecular flexibility index (Phi) is 7.80. The number of rotatable bonds is 5. The molecule has 8 heteroatoms. The second-order valence-electron chi connectivity index (χ2n) is 5.57. The molecule has 0 aliphatic carbocycles. The summed E-state index contributed by atoms with van der Waals surface area (Å²) in [6.45, 7) is 1.15. The van der Waals surface area contributed by atoms with E-state index in [1.54, 1.807) is 19.2 Å². The fraction of sp³-hybridized carbons (Fsp3) is 0.278. The summed E-state index contributed by atoms with van der Waals surface area (Å²) >= 11 is 5.95. The van der Waals surface area contributed by atoms with E-state index in [0.717, 1.165) is 22.6 Å². The van der Waals surface area contributed by atoms with Gasteiger partial charge in [0.1, 0.15) is 0 Å². The average molecular weight is 490 g/mol. The van der Waals surface area contributed by atoms with Crippen LogP contribution in [0, 0.1) is 0 Å². The molecular weight excluding hydrogens is 469 g/mol. The lowest BCUT2D eigenvalue weighted by Crippen LogP contribution is -2.39. The van der Waals surface area contributed by atoms with Crippen LogP contribution in [-0.2, 0) is 6.54 Å². The molecule has 1 aliphatic rings. The van der Waals surface area contributed by atoms with E-state index in [0.29, 0.717) is 24.1 Å². The number of hydrogen-bond donors (Lipinski definition) is 3. The standard InChI is InChI=1S/C18H20ClN3O3.HI/c1-20-18(22-10-15(23)13-3-2-4-14(19)8-13)21-9-12-5-6-16-17(7-12)25-11-24-16;/h2-8,15,23H,9-11H2,1H3,(H2,20,21,22);1H. The topological polar surface area (TPSA) is 75.1 Å². The molecule has 140 valence electrons. The molecule has 0 amide bonds. The molecule has 3 rings (SSSR count). The van der Waals surface area contributed by atoms with E-state index in [1.165, 1.54) is 0 Å². The zero-order valence-electron chi connectivity index (χ0n) is 14.2. The molecule has 2 aromatic carbocycles. The number of benzene rings is 2. The van der Waals surface area contributed by atoms with Crippen LogP contribution in [0.4, 0.5) is 0 Å². The maximum Gasteiger partial charge on any atom is 0.231 e. The van der Waals surface area contributed by atoms with Crippen molar-refractivity contribution in [3.8, 4) is 11.5 Å². The van der Waals surface area contributed by atoms with Gasteiger partial charge in [0.15, 0.2) is 17.5 Å². The second kappa shape index (κ2) is 9.84. The SMILES string of the molecule is CN=C(NCc1ccc2c(c1)OCO2)NCC(O)c1cccc(Cl)c1.I. The molecular formula is C18H21ClIN3O3. The Balaban J connectivity index is 0.00000243. The van der Waals surface area contributed by atoms with Crippen LogP contribution in [-0.4, -0.2) is 31.5 Å². The Bertz CT molecular complexity index is 773. The van der Waals surface area contributed by atoms with E-state index < -0.39 is 6.10 Å². The van der Waals surface area contributed by atoms with E-state index in [1.807, 2.05) is 30.3 Å². The second-order valence-corrected chi connectivity index (χ2v) is 6.00. The summed E-state index contributed by atoms with van der Waals surface area (Å²) in [4.78, 5) is 4.16. The normalized spacial score (nSPS) is 13.7. The number of ether oxygens (including phenoxy) is 2. The van der Waals surface area contributed by atoms with Crippen molar-refractivity contribution >= 4 is 41.5 Å². The van der Waals surface area contributed by atoms with Crippen molar-refractivity contribution < 1.29 is 14.6 Å². The van der Waals surface area contributed by atoms with Crippen LogP contribution in [0.25, 0.3) is 0 Å². The number of nitrogens with one attached hydrogen (secondary N) is 2. The van der Waals surface area contributed by atoms with Gasteiger partial charge in [-0.15, -0.1) is 24.0 Å². The predicted octanol–water partition coefficient (Wildman–Crippen LogP) is 3.09. The summed E-state index contributed by atoms with van der Waals surface area (Å²) < 4.78 is 10.7. The summed E-state index contributed by atoms with van der Waals surface area (Å²) in [5.41, 5.74) is 1.80. The van der Waals surface area contributed by atoms with Gasteiger partial charge in [-0.1, -0.05) is 29.8 Å². The first-order valence-electron chi connectivity index (χ1n) is 7.92. The summed E-state index contributed by atoms with van der Waals surface area (Å²) in [5.74, 6) is 2.10. The van der Waals surface area contributed by atoms with Gasteiger partial charge in [0.05, 0.1) is 6.10 Å². The van der Waals surface area contributed by atoms with Gasteiger partial charge < -0.3 is 25.2 Å². The Labute approximate surface area is 174 Å². The predicted molar refractivity (Wildman–Crippen MR) is 113 cm³/mol. The van der Waals surface area contributed by atoms with Crippen LogP contribution in [0.2, 0.25) is 5.02 Å². The van der Waals surface area contributed by atoms with Crippen molar-refractivity contribution in [3.63, 3.8) is 0 Å². The first-order chi connectivity index (χ1) is 12.2. The highest BCUT2D eigenvalue weighted by atomic mass is 127. The van der Waals surface area contributed by atoms with Crippen LogP contribution in [0.15, 0.2) is 47.5 Å². The molecule has 0 saturated heterocycles. The maximum absolute atomic E-state index is 10.2. The molecule has 1 unspecified atom stereocenters. The minimum atomic E-state index is -0.678.